The summed E-state index contributed by atoms with van der Waals surface area (Å²) < 4.78 is 6.11. The molecule has 0 aliphatic rings. The van der Waals surface area contributed by atoms with Gasteiger partial charge in [-0.3, -0.25) is 0 Å². The zero-order valence-corrected chi connectivity index (χ0v) is 15.1. The summed E-state index contributed by atoms with van der Waals surface area (Å²) in [5.74, 6) is 0. The van der Waals surface area contributed by atoms with Crippen molar-refractivity contribution in [2.24, 2.45) is 0 Å². The zero-order valence-electron chi connectivity index (χ0n) is 12.3. The minimum atomic E-state index is -2.17. The fraction of sp³-hybridized carbons (Fsp3) is 0.733. The molecule has 1 aromatic heterocycles. The molecule has 18 heavy (non-hydrogen) atoms. The Morgan fingerprint density at radius 3 is 2.00 bits per heavy atom. The quantitative estimate of drug-likeness (QED) is 0.623. The van der Waals surface area contributed by atoms with Crippen LogP contribution in [0.5, 0.6) is 0 Å². The van der Waals surface area contributed by atoms with Gasteiger partial charge in [-0.05, 0) is 0 Å². The van der Waals surface area contributed by atoms with Gasteiger partial charge in [0, 0.05) is 0 Å². The summed E-state index contributed by atoms with van der Waals surface area (Å²) in [7, 11) is 0. The molecule has 0 aromatic carbocycles. The summed E-state index contributed by atoms with van der Waals surface area (Å²) in [6.45, 7) is 6.97. The Labute approximate surface area is 116 Å². The maximum absolute atomic E-state index is 4.15. The van der Waals surface area contributed by atoms with Gasteiger partial charge < -0.3 is 0 Å². The summed E-state index contributed by atoms with van der Waals surface area (Å²) in [5, 5.41) is 8.11. The van der Waals surface area contributed by atoms with E-state index in [0.717, 1.165) is 0 Å². The third-order valence-electron chi connectivity index (χ3n) is 3.94. The van der Waals surface area contributed by atoms with E-state index in [2.05, 4.69) is 43.2 Å². The molecular formula is C15H28N2Sn. The van der Waals surface area contributed by atoms with E-state index < -0.39 is 18.4 Å². The van der Waals surface area contributed by atoms with Crippen LogP contribution in [0.1, 0.15) is 52.9 Å². The number of nitrogens with zero attached hydrogens (tertiary/aromatic N) is 2. The van der Waals surface area contributed by atoms with Gasteiger partial charge in [-0.25, -0.2) is 0 Å². The average molecular weight is 355 g/mol. The van der Waals surface area contributed by atoms with E-state index in [1.807, 2.05) is 6.20 Å². The van der Waals surface area contributed by atoms with E-state index >= 15 is 0 Å². The molecule has 1 rings (SSSR count). The number of hydrogen-bond acceptors (Lipinski definition) is 2. The Balaban J connectivity index is 2.94. The van der Waals surface area contributed by atoms with Crippen molar-refractivity contribution in [3.8, 4) is 0 Å². The van der Waals surface area contributed by atoms with Crippen LogP contribution in [-0.2, 0) is 0 Å². The van der Waals surface area contributed by atoms with Gasteiger partial charge in [0.25, 0.3) is 0 Å². The second-order valence-electron chi connectivity index (χ2n) is 5.37. The van der Waals surface area contributed by atoms with E-state index in [-0.39, 0.29) is 0 Å². The number of rotatable bonds is 9. The molecule has 0 unspecified atom stereocenters. The first-order chi connectivity index (χ1) is 8.79. The predicted molar refractivity (Wildman–Crippen MR) is 81.9 cm³/mol. The van der Waals surface area contributed by atoms with Crippen molar-refractivity contribution < 1.29 is 0 Å². The SMILES string of the molecule is CCC[CH2][Sn]([CH2]CC)([CH2]CCC)[c]1ccnnc1. The first-order valence-electron chi connectivity index (χ1n) is 7.56. The van der Waals surface area contributed by atoms with Crippen LogP contribution < -0.4 is 3.58 Å². The van der Waals surface area contributed by atoms with Crippen LogP contribution >= 0.6 is 0 Å². The molecule has 2 nitrogen and oxygen atoms in total. The van der Waals surface area contributed by atoms with Crippen LogP contribution in [0.15, 0.2) is 18.5 Å². The van der Waals surface area contributed by atoms with E-state index in [4.69, 9.17) is 0 Å². The molecule has 1 heterocycles. The van der Waals surface area contributed by atoms with Gasteiger partial charge >= 0.3 is 117 Å². The molecular weight excluding hydrogens is 327 g/mol. The molecule has 0 fully saturated rings. The maximum atomic E-state index is 4.15. The van der Waals surface area contributed by atoms with Crippen molar-refractivity contribution in [2.75, 3.05) is 0 Å². The molecule has 1 aromatic rings. The predicted octanol–water partition coefficient (Wildman–Crippen LogP) is 4.14. The topological polar surface area (TPSA) is 25.8 Å². The molecule has 3 heteroatoms. The Hall–Kier alpha value is -0.121. The molecule has 0 amide bonds. The van der Waals surface area contributed by atoms with Crippen molar-refractivity contribution >= 4 is 22.0 Å². The summed E-state index contributed by atoms with van der Waals surface area (Å²) >= 11 is -2.17. The van der Waals surface area contributed by atoms with Crippen LogP contribution in [0.25, 0.3) is 0 Å². The van der Waals surface area contributed by atoms with Gasteiger partial charge in [0.2, 0.25) is 0 Å². The summed E-state index contributed by atoms with van der Waals surface area (Å²) in [6.07, 6.45) is 10.8. The summed E-state index contributed by atoms with van der Waals surface area (Å²) in [5.41, 5.74) is 0. The first-order valence-corrected chi connectivity index (χ1v) is 15.0. The monoisotopic (exact) mass is 356 g/mol. The Kier molecular flexibility index (Phi) is 7.87. The molecule has 0 aliphatic heterocycles. The van der Waals surface area contributed by atoms with Gasteiger partial charge in [0.05, 0.1) is 0 Å². The van der Waals surface area contributed by atoms with Crippen molar-refractivity contribution in [3.63, 3.8) is 0 Å². The fourth-order valence-corrected chi connectivity index (χ4v) is 18.3. The number of aromatic nitrogens is 2. The van der Waals surface area contributed by atoms with Gasteiger partial charge in [-0.2, -0.15) is 0 Å². The fourth-order valence-electron chi connectivity index (χ4n) is 2.92. The van der Waals surface area contributed by atoms with E-state index in [1.54, 1.807) is 3.58 Å². The second-order valence-corrected chi connectivity index (χ2v) is 18.6. The van der Waals surface area contributed by atoms with Crippen molar-refractivity contribution in [3.05, 3.63) is 18.5 Å². The van der Waals surface area contributed by atoms with Crippen molar-refractivity contribution in [2.45, 2.75) is 66.2 Å². The van der Waals surface area contributed by atoms with E-state index in [1.165, 1.54) is 45.4 Å². The molecule has 0 N–H and O–H groups in total. The van der Waals surface area contributed by atoms with Gasteiger partial charge in [-0.15, -0.1) is 0 Å². The minimum absolute atomic E-state index is 1.33. The van der Waals surface area contributed by atoms with Crippen LogP contribution in [0, 0.1) is 0 Å². The van der Waals surface area contributed by atoms with Crippen LogP contribution in [0.2, 0.25) is 13.3 Å². The van der Waals surface area contributed by atoms with Crippen LogP contribution in [0.3, 0.4) is 0 Å². The summed E-state index contributed by atoms with van der Waals surface area (Å²) in [6, 6.07) is 2.27. The molecule has 102 valence electrons. The Morgan fingerprint density at radius 2 is 1.56 bits per heavy atom. The summed E-state index contributed by atoms with van der Waals surface area (Å²) in [4.78, 5) is 0. The third kappa shape index (κ3) is 4.52. The van der Waals surface area contributed by atoms with Crippen LogP contribution in [0.4, 0.5) is 0 Å². The third-order valence-corrected chi connectivity index (χ3v) is 19.9. The van der Waals surface area contributed by atoms with Gasteiger partial charge in [-0.1, -0.05) is 0 Å². The average Bonchev–Trinajstić information content (AvgIpc) is 2.43. The Morgan fingerprint density at radius 1 is 0.889 bits per heavy atom. The van der Waals surface area contributed by atoms with Crippen molar-refractivity contribution in [1.29, 1.82) is 0 Å². The van der Waals surface area contributed by atoms with E-state index in [0.29, 0.717) is 0 Å². The standard InChI is InChI=1S/C4H3N2.2C4H9.C3H7.Sn/c1-2-4-6-5-3-1;2*1-3-4-2;1-3-2;/h1,3-4H;2*1,3-4H2,2H3;1,3H2,2H3;. The van der Waals surface area contributed by atoms with E-state index in [9.17, 15) is 0 Å². The Bertz CT molecular complexity index is 306. The zero-order chi connectivity index (χ0) is 13.3. The molecule has 0 saturated carbocycles. The molecule has 0 saturated heterocycles. The van der Waals surface area contributed by atoms with Gasteiger partial charge in [0.15, 0.2) is 0 Å². The molecule has 0 spiro atoms. The molecule has 0 radical (unpaired) electrons. The molecule has 0 bridgehead atoms. The van der Waals surface area contributed by atoms with Gasteiger partial charge in [0.1, 0.15) is 0 Å². The molecule has 0 atom stereocenters. The second kappa shape index (κ2) is 8.89. The number of unbranched alkanes of at least 4 members (excludes halogenated alkanes) is 2. The first kappa shape index (κ1) is 15.9. The molecule has 0 aliphatic carbocycles. The van der Waals surface area contributed by atoms with Crippen molar-refractivity contribution in [1.82, 2.24) is 10.2 Å². The number of hydrogen-bond donors (Lipinski definition) is 0. The normalized spacial score (nSPS) is 11.7. The van der Waals surface area contributed by atoms with Crippen LogP contribution in [-0.4, -0.2) is 28.6 Å².